The Labute approximate surface area is 201 Å². The number of anilines is 2. The van der Waals surface area contributed by atoms with Gasteiger partial charge in [0, 0.05) is 35.9 Å². The van der Waals surface area contributed by atoms with Gasteiger partial charge in [0.25, 0.3) is 0 Å². The third-order valence-corrected chi connectivity index (χ3v) is 6.52. The summed E-state index contributed by atoms with van der Waals surface area (Å²) in [6.45, 7) is 3.05. The van der Waals surface area contributed by atoms with Crippen LogP contribution < -0.4 is 19.7 Å². The zero-order chi connectivity index (χ0) is 22.6. The first kappa shape index (κ1) is 22.1. The van der Waals surface area contributed by atoms with Crippen molar-refractivity contribution in [1.82, 2.24) is 19.9 Å². The Hall–Kier alpha value is -2.72. The molecule has 2 fully saturated rings. The van der Waals surface area contributed by atoms with E-state index in [1.54, 1.807) is 19.5 Å². The van der Waals surface area contributed by atoms with Crippen LogP contribution in [0.3, 0.4) is 0 Å². The number of fused-ring (bicyclic) bond motifs is 1. The fourth-order valence-corrected chi connectivity index (χ4v) is 4.59. The molecular weight excluding hydrogens is 488 g/mol. The largest absolute Gasteiger partial charge is 0.494 e. The molecule has 0 bridgehead atoms. The molecule has 1 saturated heterocycles. The molecule has 174 valence electrons. The first-order chi connectivity index (χ1) is 16.2. The highest BCUT2D eigenvalue weighted by atomic mass is 79.9. The normalized spacial score (nSPS) is 21.1. The van der Waals surface area contributed by atoms with Gasteiger partial charge in [-0.15, -0.1) is 0 Å². The van der Waals surface area contributed by atoms with Gasteiger partial charge < -0.3 is 24.4 Å². The summed E-state index contributed by atoms with van der Waals surface area (Å²) in [6, 6.07) is 4.39. The Balaban J connectivity index is 1.28. The zero-order valence-corrected chi connectivity index (χ0v) is 20.1. The van der Waals surface area contributed by atoms with E-state index in [9.17, 15) is 0 Å². The highest BCUT2D eigenvalue weighted by Crippen LogP contribution is 2.32. The van der Waals surface area contributed by atoms with Gasteiger partial charge in [-0.05, 0) is 47.7 Å². The van der Waals surface area contributed by atoms with Crippen LogP contribution in [0.15, 0.2) is 35.2 Å². The lowest BCUT2D eigenvalue weighted by molar-refractivity contribution is 0.122. The van der Waals surface area contributed by atoms with Crippen LogP contribution in [0.2, 0.25) is 0 Å². The molecule has 9 nitrogen and oxygen atoms in total. The number of hydrogen-bond donors (Lipinski definition) is 1. The molecule has 4 heterocycles. The van der Waals surface area contributed by atoms with Gasteiger partial charge in [-0.3, -0.25) is 4.98 Å². The van der Waals surface area contributed by atoms with Gasteiger partial charge in [0.15, 0.2) is 5.75 Å². The maximum absolute atomic E-state index is 6.48. The summed E-state index contributed by atoms with van der Waals surface area (Å²) in [5.41, 5.74) is 0.886. The summed E-state index contributed by atoms with van der Waals surface area (Å²) in [5.74, 6) is 2.82. The lowest BCUT2D eigenvalue weighted by Crippen LogP contribution is -2.37. The predicted octanol–water partition coefficient (Wildman–Crippen LogP) is 3.83. The molecule has 1 saturated carbocycles. The molecular formula is C23H27BrN6O3. The minimum atomic E-state index is 0.106. The fourth-order valence-electron chi connectivity index (χ4n) is 4.26. The van der Waals surface area contributed by atoms with Crippen LogP contribution in [-0.2, 0) is 4.74 Å². The van der Waals surface area contributed by atoms with E-state index in [0.717, 1.165) is 60.0 Å². The SMILES string of the molecule is COc1cnc(NC2CCC(Oc3nc(N4CCOCC4)cc4ncc(Br)cc34)CC2)nc1. The second-order valence-electron chi connectivity index (χ2n) is 8.29. The Morgan fingerprint density at radius 2 is 1.79 bits per heavy atom. The summed E-state index contributed by atoms with van der Waals surface area (Å²) in [7, 11) is 1.61. The number of halogens is 1. The number of methoxy groups -OCH3 is 1. The number of ether oxygens (including phenoxy) is 3. The first-order valence-electron chi connectivity index (χ1n) is 11.3. The Morgan fingerprint density at radius 3 is 2.52 bits per heavy atom. The average Bonchev–Trinajstić information content (AvgIpc) is 2.86. The van der Waals surface area contributed by atoms with E-state index in [1.165, 1.54) is 0 Å². The number of nitrogens with one attached hydrogen (secondary N) is 1. The van der Waals surface area contributed by atoms with Gasteiger partial charge in [-0.25, -0.2) is 9.97 Å². The molecule has 2 aliphatic rings. The van der Waals surface area contributed by atoms with Crippen molar-refractivity contribution in [3.63, 3.8) is 0 Å². The van der Waals surface area contributed by atoms with Crippen molar-refractivity contribution < 1.29 is 14.2 Å². The molecule has 1 aliphatic heterocycles. The van der Waals surface area contributed by atoms with Crippen LogP contribution in [0.1, 0.15) is 25.7 Å². The van der Waals surface area contributed by atoms with Gasteiger partial charge in [0.1, 0.15) is 11.9 Å². The number of morpholine rings is 1. The van der Waals surface area contributed by atoms with E-state index in [4.69, 9.17) is 19.2 Å². The van der Waals surface area contributed by atoms with Crippen molar-refractivity contribution >= 4 is 38.6 Å². The van der Waals surface area contributed by atoms with E-state index in [-0.39, 0.29) is 6.10 Å². The van der Waals surface area contributed by atoms with Gasteiger partial charge in [-0.1, -0.05) is 0 Å². The summed E-state index contributed by atoms with van der Waals surface area (Å²) < 4.78 is 18.0. The molecule has 3 aromatic heterocycles. The highest BCUT2D eigenvalue weighted by Gasteiger charge is 2.25. The third kappa shape index (κ3) is 5.27. The number of pyridine rings is 2. The summed E-state index contributed by atoms with van der Waals surface area (Å²) in [5, 5.41) is 4.35. The molecule has 1 N–H and O–H groups in total. The first-order valence-corrected chi connectivity index (χ1v) is 12.1. The lowest BCUT2D eigenvalue weighted by atomic mass is 9.93. The zero-order valence-electron chi connectivity index (χ0n) is 18.5. The maximum Gasteiger partial charge on any atom is 0.225 e. The molecule has 1 aliphatic carbocycles. The molecule has 33 heavy (non-hydrogen) atoms. The van der Waals surface area contributed by atoms with Gasteiger partial charge in [0.05, 0.1) is 43.6 Å². The van der Waals surface area contributed by atoms with Gasteiger partial charge in [0.2, 0.25) is 11.8 Å². The van der Waals surface area contributed by atoms with Crippen LogP contribution in [0.4, 0.5) is 11.8 Å². The maximum atomic E-state index is 6.48. The molecule has 0 spiro atoms. The van der Waals surface area contributed by atoms with Crippen LogP contribution in [0.5, 0.6) is 11.6 Å². The van der Waals surface area contributed by atoms with Crippen LogP contribution in [-0.4, -0.2) is 65.5 Å². The minimum absolute atomic E-state index is 0.106. The topological polar surface area (TPSA) is 94.5 Å². The van der Waals surface area contributed by atoms with Gasteiger partial charge in [-0.2, -0.15) is 4.98 Å². The molecule has 0 amide bonds. The predicted molar refractivity (Wildman–Crippen MR) is 129 cm³/mol. The Kier molecular flexibility index (Phi) is 6.73. The smallest absolute Gasteiger partial charge is 0.225 e. The van der Waals surface area contributed by atoms with Crippen molar-refractivity contribution in [2.45, 2.75) is 37.8 Å². The number of hydrogen-bond acceptors (Lipinski definition) is 9. The van der Waals surface area contributed by atoms with Gasteiger partial charge >= 0.3 is 0 Å². The lowest BCUT2D eigenvalue weighted by Gasteiger charge is -2.31. The Bertz CT molecular complexity index is 1090. The minimum Gasteiger partial charge on any atom is -0.494 e. The Morgan fingerprint density at radius 1 is 1.03 bits per heavy atom. The molecule has 0 radical (unpaired) electrons. The number of nitrogens with zero attached hydrogens (tertiary/aromatic N) is 5. The summed E-state index contributed by atoms with van der Waals surface area (Å²) >= 11 is 3.53. The standard InChI is InChI=1S/C23H27BrN6O3/c1-31-18-13-26-23(27-14-18)28-16-2-4-17(5-3-16)33-22-19-10-15(24)12-25-20(19)11-21(29-22)30-6-8-32-9-7-30/h10-14,16-17H,2-9H2,1H3,(H,26,27,28). The second-order valence-corrected chi connectivity index (χ2v) is 9.20. The molecule has 5 rings (SSSR count). The van der Waals surface area contributed by atoms with E-state index in [0.29, 0.717) is 36.8 Å². The van der Waals surface area contributed by atoms with E-state index in [2.05, 4.69) is 41.1 Å². The monoisotopic (exact) mass is 514 g/mol. The average molecular weight is 515 g/mol. The second kappa shape index (κ2) is 10.0. The van der Waals surface area contributed by atoms with Crippen molar-refractivity contribution in [3.8, 4) is 11.6 Å². The fraction of sp³-hybridized carbons (Fsp3) is 0.478. The van der Waals surface area contributed by atoms with Crippen LogP contribution in [0, 0.1) is 0 Å². The van der Waals surface area contributed by atoms with E-state index in [1.807, 2.05) is 18.3 Å². The van der Waals surface area contributed by atoms with E-state index < -0.39 is 0 Å². The van der Waals surface area contributed by atoms with Crippen molar-refractivity contribution in [1.29, 1.82) is 0 Å². The number of aromatic nitrogens is 4. The quantitative estimate of drug-likeness (QED) is 0.526. The molecule has 0 unspecified atom stereocenters. The third-order valence-electron chi connectivity index (χ3n) is 6.08. The molecule has 0 aromatic carbocycles. The van der Waals surface area contributed by atoms with Crippen LogP contribution >= 0.6 is 15.9 Å². The number of rotatable bonds is 6. The summed E-state index contributed by atoms with van der Waals surface area (Å²) in [4.78, 5) is 20.4. The van der Waals surface area contributed by atoms with Crippen molar-refractivity contribution in [2.24, 2.45) is 0 Å². The molecule has 0 atom stereocenters. The molecule has 3 aromatic rings. The summed E-state index contributed by atoms with van der Waals surface area (Å²) in [6.07, 6.45) is 9.08. The highest BCUT2D eigenvalue weighted by molar-refractivity contribution is 9.10. The van der Waals surface area contributed by atoms with Crippen LogP contribution in [0.25, 0.3) is 10.9 Å². The van der Waals surface area contributed by atoms with Crippen molar-refractivity contribution in [2.75, 3.05) is 43.6 Å². The van der Waals surface area contributed by atoms with Crippen molar-refractivity contribution in [3.05, 3.63) is 35.2 Å². The van der Waals surface area contributed by atoms with E-state index >= 15 is 0 Å². The molecule has 10 heteroatoms.